The largest absolute Gasteiger partial charge is 0.486 e. The van der Waals surface area contributed by atoms with Crippen molar-refractivity contribution in [2.45, 2.75) is 0 Å². The predicted molar refractivity (Wildman–Crippen MR) is 102 cm³/mol. The Morgan fingerprint density at radius 1 is 0.778 bits per heavy atom. The van der Waals surface area contributed by atoms with E-state index in [1.54, 1.807) is 12.1 Å². The van der Waals surface area contributed by atoms with Gasteiger partial charge in [0, 0.05) is 28.7 Å². The number of anilines is 3. The Kier molecular flexibility index (Phi) is 4.61. The molecule has 0 aromatic heterocycles. The van der Waals surface area contributed by atoms with Crippen molar-refractivity contribution in [1.82, 2.24) is 0 Å². The molecule has 3 aromatic carbocycles. The summed E-state index contributed by atoms with van der Waals surface area (Å²) in [7, 11) is 0. The number of hydrogen-bond donors (Lipinski definition) is 2. The molecule has 0 saturated heterocycles. The maximum absolute atomic E-state index is 12.9. The van der Waals surface area contributed by atoms with Crippen molar-refractivity contribution < 1.29 is 18.7 Å². The average Bonchev–Trinajstić information content (AvgIpc) is 2.70. The lowest BCUT2D eigenvalue weighted by atomic mass is 10.2. The number of hydrogen-bond acceptors (Lipinski definition) is 4. The van der Waals surface area contributed by atoms with Crippen molar-refractivity contribution in [3.8, 4) is 11.5 Å². The maximum atomic E-state index is 12.9. The van der Waals surface area contributed by atoms with Crippen LogP contribution in [0.4, 0.5) is 21.5 Å². The van der Waals surface area contributed by atoms with E-state index in [0.717, 1.165) is 22.9 Å². The van der Waals surface area contributed by atoms with Crippen molar-refractivity contribution >= 4 is 23.0 Å². The molecular weight excluding hydrogens is 347 g/mol. The number of carbonyl (C=O) groups excluding carboxylic acids is 1. The van der Waals surface area contributed by atoms with Crippen molar-refractivity contribution in [3.05, 3.63) is 78.1 Å². The molecule has 3 aromatic rings. The smallest absolute Gasteiger partial charge is 0.255 e. The Hall–Kier alpha value is -3.54. The standard InChI is InChI=1S/C21H17FN2O3/c22-15-3-1-14(2-4-15)21(25)24-17-7-5-16(6-8-17)23-18-9-10-19-20(13-18)27-12-11-26-19/h1-10,13,23H,11-12H2,(H,24,25). The number of carbonyl (C=O) groups is 1. The maximum Gasteiger partial charge on any atom is 0.255 e. The van der Waals surface area contributed by atoms with Gasteiger partial charge < -0.3 is 20.1 Å². The Morgan fingerprint density at radius 2 is 1.41 bits per heavy atom. The minimum atomic E-state index is -0.374. The normalized spacial score (nSPS) is 12.3. The monoisotopic (exact) mass is 364 g/mol. The first kappa shape index (κ1) is 16.9. The number of benzene rings is 3. The van der Waals surface area contributed by atoms with Gasteiger partial charge in [0.2, 0.25) is 0 Å². The molecule has 0 aliphatic carbocycles. The molecule has 0 saturated carbocycles. The fourth-order valence-electron chi connectivity index (χ4n) is 2.73. The van der Waals surface area contributed by atoms with Crippen LogP contribution in [0.5, 0.6) is 11.5 Å². The van der Waals surface area contributed by atoms with E-state index in [4.69, 9.17) is 9.47 Å². The SMILES string of the molecule is O=C(Nc1ccc(Nc2ccc3c(c2)OCCO3)cc1)c1ccc(F)cc1. The highest BCUT2D eigenvalue weighted by Crippen LogP contribution is 2.33. The molecule has 6 heteroatoms. The van der Waals surface area contributed by atoms with E-state index in [9.17, 15) is 9.18 Å². The van der Waals surface area contributed by atoms with Gasteiger partial charge in [0.1, 0.15) is 19.0 Å². The molecule has 1 amide bonds. The first-order valence-corrected chi connectivity index (χ1v) is 8.51. The molecule has 5 nitrogen and oxygen atoms in total. The first-order valence-electron chi connectivity index (χ1n) is 8.51. The lowest BCUT2D eigenvalue weighted by Crippen LogP contribution is -2.15. The van der Waals surface area contributed by atoms with Gasteiger partial charge in [-0.05, 0) is 60.7 Å². The third kappa shape index (κ3) is 4.00. The summed E-state index contributed by atoms with van der Waals surface area (Å²) in [6, 6.07) is 18.4. The molecule has 1 heterocycles. The molecule has 0 bridgehead atoms. The Balaban J connectivity index is 1.41. The third-order valence-corrected chi connectivity index (χ3v) is 4.08. The second-order valence-corrected chi connectivity index (χ2v) is 6.02. The highest BCUT2D eigenvalue weighted by atomic mass is 19.1. The van der Waals surface area contributed by atoms with Gasteiger partial charge in [-0.15, -0.1) is 0 Å². The number of fused-ring (bicyclic) bond motifs is 1. The van der Waals surface area contributed by atoms with Crippen LogP contribution in [0, 0.1) is 5.82 Å². The van der Waals surface area contributed by atoms with Crippen LogP contribution >= 0.6 is 0 Å². The predicted octanol–water partition coefficient (Wildman–Crippen LogP) is 4.59. The van der Waals surface area contributed by atoms with E-state index in [0.29, 0.717) is 24.5 Å². The Bertz CT molecular complexity index is 956. The molecule has 4 rings (SSSR count). The number of ether oxygens (including phenoxy) is 2. The van der Waals surface area contributed by atoms with Crippen LogP contribution in [-0.4, -0.2) is 19.1 Å². The van der Waals surface area contributed by atoms with E-state index >= 15 is 0 Å². The van der Waals surface area contributed by atoms with Crippen LogP contribution in [0.15, 0.2) is 66.7 Å². The van der Waals surface area contributed by atoms with Gasteiger partial charge in [0.15, 0.2) is 11.5 Å². The van der Waals surface area contributed by atoms with Crippen molar-refractivity contribution in [3.63, 3.8) is 0 Å². The van der Waals surface area contributed by atoms with Gasteiger partial charge in [-0.3, -0.25) is 4.79 Å². The minimum absolute atomic E-state index is 0.289. The molecule has 1 aliphatic rings. The van der Waals surface area contributed by atoms with Crippen LogP contribution in [0.2, 0.25) is 0 Å². The zero-order valence-electron chi connectivity index (χ0n) is 14.4. The lowest BCUT2D eigenvalue weighted by molar-refractivity contribution is 0.102. The van der Waals surface area contributed by atoms with Crippen molar-refractivity contribution in [2.75, 3.05) is 23.8 Å². The Labute approximate surface area is 155 Å². The first-order chi connectivity index (χ1) is 13.2. The summed E-state index contributed by atoms with van der Waals surface area (Å²) < 4.78 is 24.0. The molecule has 0 spiro atoms. The van der Waals surface area contributed by atoms with Gasteiger partial charge in [-0.2, -0.15) is 0 Å². The summed E-state index contributed by atoms with van der Waals surface area (Å²) in [6.45, 7) is 1.10. The summed E-state index contributed by atoms with van der Waals surface area (Å²) in [5.74, 6) is 0.795. The second kappa shape index (κ2) is 7.37. The highest BCUT2D eigenvalue weighted by Gasteiger charge is 2.12. The van der Waals surface area contributed by atoms with Crippen LogP contribution in [0.3, 0.4) is 0 Å². The number of nitrogens with one attached hydrogen (secondary N) is 2. The molecule has 0 fully saturated rings. The average molecular weight is 364 g/mol. The molecule has 136 valence electrons. The van der Waals surface area contributed by atoms with Gasteiger partial charge in [0.05, 0.1) is 0 Å². The second-order valence-electron chi connectivity index (χ2n) is 6.02. The highest BCUT2D eigenvalue weighted by molar-refractivity contribution is 6.04. The van der Waals surface area contributed by atoms with Crippen LogP contribution < -0.4 is 20.1 Å². The summed E-state index contributed by atoms with van der Waals surface area (Å²) in [4.78, 5) is 12.2. The zero-order chi connectivity index (χ0) is 18.6. The van der Waals surface area contributed by atoms with Crippen LogP contribution in [-0.2, 0) is 0 Å². The molecule has 2 N–H and O–H groups in total. The van der Waals surface area contributed by atoms with Gasteiger partial charge in [-0.1, -0.05) is 0 Å². The number of rotatable bonds is 4. The summed E-state index contributed by atoms with van der Waals surface area (Å²) in [5.41, 5.74) is 2.79. The summed E-state index contributed by atoms with van der Waals surface area (Å²) in [6.07, 6.45) is 0. The quantitative estimate of drug-likeness (QED) is 0.711. The molecule has 1 aliphatic heterocycles. The topological polar surface area (TPSA) is 59.6 Å². The fourth-order valence-corrected chi connectivity index (χ4v) is 2.73. The van der Waals surface area contributed by atoms with E-state index in [1.807, 2.05) is 30.3 Å². The van der Waals surface area contributed by atoms with Gasteiger partial charge in [0.25, 0.3) is 5.91 Å². The Morgan fingerprint density at radius 3 is 2.15 bits per heavy atom. The van der Waals surface area contributed by atoms with E-state index in [2.05, 4.69) is 10.6 Å². The van der Waals surface area contributed by atoms with Crippen LogP contribution in [0.1, 0.15) is 10.4 Å². The summed E-state index contributed by atoms with van der Waals surface area (Å²) in [5, 5.41) is 6.07. The molecule has 0 radical (unpaired) electrons. The lowest BCUT2D eigenvalue weighted by Gasteiger charge is -2.19. The zero-order valence-corrected chi connectivity index (χ0v) is 14.4. The van der Waals surface area contributed by atoms with Gasteiger partial charge >= 0.3 is 0 Å². The number of amides is 1. The van der Waals surface area contributed by atoms with Crippen LogP contribution in [0.25, 0.3) is 0 Å². The van der Waals surface area contributed by atoms with Crippen molar-refractivity contribution in [2.24, 2.45) is 0 Å². The third-order valence-electron chi connectivity index (χ3n) is 4.08. The molecule has 27 heavy (non-hydrogen) atoms. The van der Waals surface area contributed by atoms with Gasteiger partial charge in [-0.25, -0.2) is 4.39 Å². The molecule has 0 atom stereocenters. The number of halogens is 1. The fraction of sp³-hybridized carbons (Fsp3) is 0.0952. The molecular formula is C21H17FN2O3. The van der Waals surface area contributed by atoms with Crippen molar-refractivity contribution in [1.29, 1.82) is 0 Å². The van der Waals surface area contributed by atoms with E-state index in [-0.39, 0.29) is 11.7 Å². The minimum Gasteiger partial charge on any atom is -0.486 e. The van der Waals surface area contributed by atoms with E-state index < -0.39 is 0 Å². The van der Waals surface area contributed by atoms with E-state index in [1.165, 1.54) is 24.3 Å². The summed E-state index contributed by atoms with van der Waals surface area (Å²) >= 11 is 0. The molecule has 0 unspecified atom stereocenters.